The van der Waals surface area contributed by atoms with Crippen LogP contribution >= 0.6 is 0 Å². The van der Waals surface area contributed by atoms with Crippen LogP contribution in [0.3, 0.4) is 0 Å². The molecule has 15 heteroatoms. The summed E-state index contributed by atoms with van der Waals surface area (Å²) in [5, 5.41) is 19.3. The van der Waals surface area contributed by atoms with E-state index in [9.17, 15) is 33.9 Å². The molecule has 1 aromatic heterocycles. The lowest BCUT2D eigenvalue weighted by molar-refractivity contribution is -0.142. The number of nitrogens with one attached hydrogen (secondary N) is 5. The first-order valence-electron chi connectivity index (χ1n) is 10.5. The maximum absolute atomic E-state index is 12.8. The molecule has 1 aliphatic rings. The van der Waals surface area contributed by atoms with Crippen LogP contribution in [-0.2, 0) is 35.2 Å². The monoisotopic (exact) mass is 480 g/mol. The van der Waals surface area contributed by atoms with E-state index in [4.69, 9.17) is 11.5 Å². The van der Waals surface area contributed by atoms with Crippen molar-refractivity contribution in [2.45, 2.75) is 56.3 Å². The Bertz CT molecular complexity index is 914. The third-order valence-electron chi connectivity index (χ3n) is 5.05. The van der Waals surface area contributed by atoms with Crippen molar-refractivity contribution in [3.8, 4) is 0 Å². The molecule has 1 aromatic rings. The Balaban J connectivity index is 2.11. The van der Waals surface area contributed by atoms with Gasteiger partial charge in [-0.1, -0.05) is 0 Å². The van der Waals surface area contributed by atoms with Gasteiger partial charge in [-0.2, -0.15) is 0 Å². The number of aromatic amines is 1. The summed E-state index contributed by atoms with van der Waals surface area (Å²) in [7, 11) is 0. The minimum atomic E-state index is -1.56. The third-order valence-corrected chi connectivity index (χ3v) is 5.05. The van der Waals surface area contributed by atoms with Crippen LogP contribution in [0.5, 0.6) is 0 Å². The highest BCUT2D eigenvalue weighted by atomic mass is 16.4. The molecule has 34 heavy (non-hydrogen) atoms. The van der Waals surface area contributed by atoms with Gasteiger partial charge < -0.3 is 42.8 Å². The van der Waals surface area contributed by atoms with Gasteiger partial charge in [0.2, 0.25) is 29.5 Å². The Morgan fingerprint density at radius 2 is 1.59 bits per heavy atom. The minimum Gasteiger partial charge on any atom is -0.480 e. The van der Waals surface area contributed by atoms with E-state index in [-0.39, 0.29) is 6.42 Å². The number of imidazole rings is 1. The molecular weight excluding hydrogens is 452 g/mol. The standard InChI is InChI=1S/C19H28N8O7/c20-14(28)5-11(25-16(30)10-2-1-3-23-10)17(31)26-12(6-15(21)29)18(32)27-13(19(33)34)4-9-7-22-8-24-9/h7-8,10-13,23H,1-6H2,(H2,20,28)(H2,21,29)(H,22,24)(H,25,30)(H,26,31)(H,27,32)(H,33,34). The van der Waals surface area contributed by atoms with Crippen LogP contribution < -0.4 is 32.7 Å². The highest BCUT2D eigenvalue weighted by molar-refractivity contribution is 5.97. The Labute approximate surface area is 193 Å². The predicted octanol–water partition coefficient (Wildman–Crippen LogP) is -4.01. The van der Waals surface area contributed by atoms with Gasteiger partial charge in [0.15, 0.2) is 0 Å². The van der Waals surface area contributed by atoms with Gasteiger partial charge in [0.1, 0.15) is 18.1 Å². The molecule has 0 saturated carbocycles. The van der Waals surface area contributed by atoms with Crippen molar-refractivity contribution in [1.82, 2.24) is 31.2 Å². The zero-order chi connectivity index (χ0) is 25.3. The fourth-order valence-electron chi connectivity index (χ4n) is 3.36. The van der Waals surface area contributed by atoms with Crippen molar-refractivity contribution in [3.05, 3.63) is 18.2 Å². The van der Waals surface area contributed by atoms with E-state index < -0.39 is 72.5 Å². The molecule has 186 valence electrons. The summed E-state index contributed by atoms with van der Waals surface area (Å²) in [5.74, 6) is -5.70. The fraction of sp³-hybridized carbons (Fsp3) is 0.526. The Kier molecular flexibility index (Phi) is 9.49. The molecule has 5 amide bonds. The molecule has 0 aromatic carbocycles. The molecule has 2 heterocycles. The highest BCUT2D eigenvalue weighted by Gasteiger charge is 2.33. The van der Waals surface area contributed by atoms with Gasteiger partial charge in [0, 0.05) is 18.3 Å². The number of hydrogen-bond acceptors (Lipinski definition) is 8. The number of carbonyl (C=O) groups is 6. The summed E-state index contributed by atoms with van der Waals surface area (Å²) < 4.78 is 0. The first-order valence-corrected chi connectivity index (χ1v) is 10.5. The van der Waals surface area contributed by atoms with Crippen molar-refractivity contribution < 1.29 is 33.9 Å². The quantitative estimate of drug-likeness (QED) is 0.137. The molecule has 2 rings (SSSR count). The molecule has 4 unspecified atom stereocenters. The van der Waals surface area contributed by atoms with Crippen molar-refractivity contribution in [2.75, 3.05) is 6.54 Å². The number of carboxylic acid groups (broad SMARTS) is 1. The summed E-state index contributed by atoms with van der Waals surface area (Å²) in [6.07, 6.45) is 2.64. The van der Waals surface area contributed by atoms with Gasteiger partial charge in [0.25, 0.3) is 0 Å². The van der Waals surface area contributed by atoms with Crippen LogP contribution in [0.15, 0.2) is 12.5 Å². The normalized spacial score (nSPS) is 17.7. The molecule has 4 atom stereocenters. The van der Waals surface area contributed by atoms with Gasteiger partial charge >= 0.3 is 5.97 Å². The van der Waals surface area contributed by atoms with Crippen LogP contribution in [0, 0.1) is 0 Å². The summed E-state index contributed by atoms with van der Waals surface area (Å²) in [6, 6.07) is -4.94. The van der Waals surface area contributed by atoms with Crippen LogP contribution in [0.4, 0.5) is 0 Å². The molecule has 1 aliphatic heterocycles. The zero-order valence-corrected chi connectivity index (χ0v) is 18.2. The number of nitrogens with two attached hydrogens (primary N) is 2. The molecule has 0 spiro atoms. The highest BCUT2D eigenvalue weighted by Crippen LogP contribution is 2.07. The van der Waals surface area contributed by atoms with E-state index in [1.165, 1.54) is 12.5 Å². The van der Waals surface area contributed by atoms with Gasteiger partial charge in [0.05, 0.1) is 25.2 Å². The van der Waals surface area contributed by atoms with Crippen LogP contribution in [0.2, 0.25) is 0 Å². The summed E-state index contributed by atoms with van der Waals surface area (Å²) in [6.45, 7) is 0.620. The van der Waals surface area contributed by atoms with Gasteiger partial charge in [-0.05, 0) is 19.4 Å². The second kappa shape index (κ2) is 12.3. The lowest BCUT2D eigenvalue weighted by atomic mass is 10.1. The number of nitrogens with zero attached hydrogens (tertiary/aromatic N) is 1. The van der Waals surface area contributed by atoms with Crippen molar-refractivity contribution >= 4 is 35.5 Å². The maximum Gasteiger partial charge on any atom is 0.326 e. The van der Waals surface area contributed by atoms with Gasteiger partial charge in [-0.25, -0.2) is 9.78 Å². The molecular formula is C19H28N8O7. The lowest BCUT2D eigenvalue weighted by Gasteiger charge is -2.24. The number of carboxylic acids is 1. The summed E-state index contributed by atoms with van der Waals surface area (Å²) in [5.41, 5.74) is 10.8. The SMILES string of the molecule is NC(=O)CC(NC(=O)C(CC(N)=O)NC(=O)C1CCCN1)C(=O)NC(Cc1cnc[nH]1)C(=O)O. The first kappa shape index (κ1) is 26.2. The number of amides is 5. The van der Waals surface area contributed by atoms with E-state index in [2.05, 4.69) is 31.2 Å². The van der Waals surface area contributed by atoms with Gasteiger partial charge in [-0.15, -0.1) is 0 Å². The lowest BCUT2D eigenvalue weighted by Crippen LogP contribution is -2.58. The summed E-state index contributed by atoms with van der Waals surface area (Å²) in [4.78, 5) is 78.8. The van der Waals surface area contributed by atoms with E-state index in [1.807, 2.05) is 0 Å². The number of hydrogen-bond donors (Lipinski definition) is 8. The second-order valence-corrected chi connectivity index (χ2v) is 7.79. The number of aliphatic carboxylic acids is 1. The predicted molar refractivity (Wildman–Crippen MR) is 114 cm³/mol. The Morgan fingerprint density at radius 1 is 1.00 bits per heavy atom. The maximum atomic E-state index is 12.8. The molecule has 0 aliphatic carbocycles. The molecule has 15 nitrogen and oxygen atoms in total. The number of carbonyl (C=O) groups excluding carboxylic acids is 5. The van der Waals surface area contributed by atoms with Gasteiger partial charge in [-0.3, -0.25) is 24.0 Å². The topological polar surface area (TPSA) is 251 Å². The second-order valence-electron chi connectivity index (χ2n) is 7.79. The molecule has 1 fully saturated rings. The first-order chi connectivity index (χ1) is 16.1. The van der Waals surface area contributed by atoms with Crippen LogP contribution in [-0.4, -0.2) is 81.3 Å². The molecule has 0 radical (unpaired) electrons. The number of primary amides is 2. The fourth-order valence-corrected chi connectivity index (χ4v) is 3.36. The summed E-state index contributed by atoms with van der Waals surface area (Å²) >= 11 is 0. The van der Waals surface area contributed by atoms with E-state index >= 15 is 0 Å². The average Bonchev–Trinajstić information content (AvgIpc) is 3.45. The Morgan fingerprint density at radius 3 is 2.06 bits per heavy atom. The van der Waals surface area contributed by atoms with Crippen molar-refractivity contribution in [1.29, 1.82) is 0 Å². The van der Waals surface area contributed by atoms with Crippen LogP contribution in [0.25, 0.3) is 0 Å². The third kappa shape index (κ3) is 8.16. The Hall–Kier alpha value is -4.01. The zero-order valence-electron chi connectivity index (χ0n) is 18.2. The van der Waals surface area contributed by atoms with E-state index in [0.717, 1.165) is 6.42 Å². The number of H-pyrrole nitrogens is 1. The van der Waals surface area contributed by atoms with E-state index in [1.54, 1.807) is 0 Å². The van der Waals surface area contributed by atoms with E-state index in [0.29, 0.717) is 18.7 Å². The molecule has 10 N–H and O–H groups in total. The largest absolute Gasteiger partial charge is 0.480 e. The molecule has 1 saturated heterocycles. The van der Waals surface area contributed by atoms with Crippen LogP contribution in [0.1, 0.15) is 31.4 Å². The van der Waals surface area contributed by atoms with Crippen molar-refractivity contribution in [2.24, 2.45) is 11.5 Å². The number of rotatable bonds is 13. The molecule has 0 bridgehead atoms. The average molecular weight is 480 g/mol. The smallest absolute Gasteiger partial charge is 0.326 e. The minimum absolute atomic E-state index is 0.146. The number of aromatic nitrogens is 2. The van der Waals surface area contributed by atoms with Crippen molar-refractivity contribution in [3.63, 3.8) is 0 Å².